The summed E-state index contributed by atoms with van der Waals surface area (Å²) in [4.78, 5) is 0. The highest BCUT2D eigenvalue weighted by atomic mass is 16.8. The first kappa shape index (κ1) is 33.7. The maximum atomic E-state index is 11.2. The topological polar surface area (TPSA) is 124 Å². The zero-order valence-corrected chi connectivity index (χ0v) is 26.2. The van der Waals surface area contributed by atoms with E-state index in [0.717, 1.165) is 37.0 Å². The molecule has 3 saturated heterocycles. The van der Waals surface area contributed by atoms with E-state index in [1.165, 1.54) is 0 Å². The van der Waals surface area contributed by atoms with Gasteiger partial charge in [-0.3, -0.25) is 0 Å². The van der Waals surface area contributed by atoms with Crippen LogP contribution in [-0.2, 0) is 42.6 Å². The molecule has 2 N–H and O–H groups in total. The lowest BCUT2D eigenvalue weighted by atomic mass is 9.97. The molecule has 11 unspecified atom stereocenters. The van der Waals surface area contributed by atoms with Gasteiger partial charge in [0.1, 0.15) is 42.7 Å². The van der Waals surface area contributed by atoms with E-state index in [-0.39, 0.29) is 12.7 Å². The Morgan fingerprint density at radius 3 is 2.48 bits per heavy atom. The maximum absolute atomic E-state index is 11.2. The molecule has 0 saturated carbocycles. The zero-order chi connectivity index (χ0) is 30.9. The molecule has 0 aliphatic carbocycles. The lowest BCUT2D eigenvalue weighted by molar-refractivity contribution is -0.376. The monoisotopic (exact) mass is 622 g/mol. The number of allylic oxidation sites excluding steroid dienone is 1. The largest absolute Gasteiger partial charge is 0.467 e. The molecule has 0 radical (unpaired) electrons. The van der Waals surface area contributed by atoms with Crippen LogP contribution in [0.3, 0.4) is 0 Å². The van der Waals surface area contributed by atoms with Gasteiger partial charge in [0.2, 0.25) is 6.29 Å². The van der Waals surface area contributed by atoms with Crippen LogP contribution in [0.1, 0.15) is 71.1 Å². The normalized spacial score (nSPS) is 37.6. The van der Waals surface area contributed by atoms with E-state index < -0.39 is 61.6 Å². The highest BCUT2D eigenvalue weighted by molar-refractivity contribution is 5.16. The molecular weight excluding hydrogens is 572 g/mol. The van der Waals surface area contributed by atoms with Gasteiger partial charge in [0, 0.05) is 31.8 Å². The van der Waals surface area contributed by atoms with Crippen molar-refractivity contribution in [1.29, 1.82) is 0 Å². The van der Waals surface area contributed by atoms with Crippen molar-refractivity contribution in [2.75, 3.05) is 33.0 Å². The van der Waals surface area contributed by atoms with E-state index in [4.69, 9.17) is 42.6 Å². The predicted octanol–water partition coefficient (Wildman–Crippen LogP) is 3.76. The average Bonchev–Trinajstić information content (AvgIpc) is 3.04. The molecule has 4 aliphatic heterocycles. The van der Waals surface area contributed by atoms with Crippen molar-refractivity contribution in [3.8, 4) is 0 Å². The Balaban J connectivity index is 1.27. The van der Waals surface area contributed by atoms with E-state index in [9.17, 15) is 10.2 Å². The molecule has 1 aromatic rings. The summed E-state index contributed by atoms with van der Waals surface area (Å²) in [5.41, 5.74) is 0.826. The van der Waals surface area contributed by atoms with Crippen LogP contribution in [0, 0.1) is 0 Å². The van der Waals surface area contributed by atoms with Crippen molar-refractivity contribution in [2.24, 2.45) is 0 Å². The number of hydrogen-bond donors (Lipinski definition) is 2. The quantitative estimate of drug-likeness (QED) is 0.295. The third-order valence-corrected chi connectivity index (χ3v) is 8.47. The molecule has 4 heterocycles. The standard InChI is InChI=1S/C33H50O11/c1-4-6-16-36-19-25-29(43-32-24(37-17-7-5-2)14-13-21(3)40-32)23(15-18-38-25)41-33-28(35)27(34)30-26(42-33)20-39-31(44-30)22-11-9-8-10-12-22/h8-13,23-35H,4-7,14-20H2,1-3H3. The Labute approximate surface area is 260 Å². The first-order chi connectivity index (χ1) is 21.5. The first-order valence-corrected chi connectivity index (χ1v) is 16.3. The molecule has 44 heavy (non-hydrogen) atoms. The number of benzene rings is 1. The van der Waals surface area contributed by atoms with Gasteiger partial charge in [-0.05, 0) is 32.3 Å². The van der Waals surface area contributed by atoms with Crippen LogP contribution >= 0.6 is 0 Å². The summed E-state index contributed by atoms with van der Waals surface area (Å²) in [6, 6.07) is 9.48. The van der Waals surface area contributed by atoms with Gasteiger partial charge in [-0.1, -0.05) is 57.0 Å². The van der Waals surface area contributed by atoms with Gasteiger partial charge in [0.15, 0.2) is 12.6 Å². The third-order valence-electron chi connectivity index (χ3n) is 8.47. The van der Waals surface area contributed by atoms with Crippen LogP contribution < -0.4 is 0 Å². The second kappa shape index (κ2) is 16.8. The fourth-order valence-electron chi connectivity index (χ4n) is 5.88. The van der Waals surface area contributed by atoms with Gasteiger partial charge in [-0.2, -0.15) is 0 Å². The molecule has 0 aromatic heterocycles. The minimum Gasteiger partial charge on any atom is -0.467 e. The molecule has 0 bridgehead atoms. The van der Waals surface area contributed by atoms with Gasteiger partial charge in [0.25, 0.3) is 0 Å². The lowest BCUT2D eigenvalue weighted by Crippen LogP contribution is -2.63. The Morgan fingerprint density at radius 1 is 0.886 bits per heavy atom. The maximum Gasteiger partial charge on any atom is 0.226 e. The van der Waals surface area contributed by atoms with Crippen molar-refractivity contribution >= 4 is 0 Å². The predicted molar refractivity (Wildman–Crippen MR) is 158 cm³/mol. The highest BCUT2D eigenvalue weighted by Gasteiger charge is 2.51. The minimum atomic E-state index is -1.35. The summed E-state index contributed by atoms with van der Waals surface area (Å²) in [6.45, 7) is 8.26. The molecular formula is C33H50O11. The molecule has 5 rings (SSSR count). The fourth-order valence-corrected chi connectivity index (χ4v) is 5.88. The SMILES string of the molecule is CCCCOCC1OCCC(OC2OC3COC(c4ccccc4)OC3C(O)C2O)C1OC1OC(C)=CCC1OCCCC. The number of rotatable bonds is 14. The number of aliphatic hydroxyl groups excluding tert-OH is 2. The lowest BCUT2D eigenvalue weighted by Gasteiger charge is -2.48. The van der Waals surface area contributed by atoms with Crippen LogP contribution in [0.15, 0.2) is 42.2 Å². The molecule has 11 nitrogen and oxygen atoms in total. The van der Waals surface area contributed by atoms with Gasteiger partial charge in [0.05, 0.1) is 25.1 Å². The second-order valence-electron chi connectivity index (χ2n) is 11.9. The molecule has 11 atom stereocenters. The van der Waals surface area contributed by atoms with E-state index in [1.54, 1.807) is 0 Å². The summed E-state index contributed by atoms with van der Waals surface area (Å²) in [7, 11) is 0. The number of fused-ring (bicyclic) bond motifs is 1. The van der Waals surface area contributed by atoms with Crippen LogP contribution in [-0.4, -0.2) is 105 Å². The van der Waals surface area contributed by atoms with Crippen molar-refractivity contribution in [3.63, 3.8) is 0 Å². The van der Waals surface area contributed by atoms with E-state index >= 15 is 0 Å². The number of hydrogen-bond acceptors (Lipinski definition) is 11. The molecule has 1 aromatic carbocycles. The van der Waals surface area contributed by atoms with Crippen LogP contribution in [0.25, 0.3) is 0 Å². The van der Waals surface area contributed by atoms with Gasteiger partial charge in [-0.15, -0.1) is 0 Å². The molecule has 11 heteroatoms. The van der Waals surface area contributed by atoms with Crippen molar-refractivity contribution in [3.05, 3.63) is 47.7 Å². The summed E-state index contributed by atoms with van der Waals surface area (Å²) < 4.78 is 55.6. The molecule has 0 amide bonds. The molecule has 248 valence electrons. The summed E-state index contributed by atoms with van der Waals surface area (Å²) in [6.07, 6.45) is -1.25. The highest BCUT2D eigenvalue weighted by Crippen LogP contribution is 2.36. The van der Waals surface area contributed by atoms with E-state index in [1.807, 2.05) is 43.3 Å². The Kier molecular flexibility index (Phi) is 12.9. The summed E-state index contributed by atoms with van der Waals surface area (Å²) in [5, 5.41) is 22.3. The van der Waals surface area contributed by atoms with Gasteiger partial charge >= 0.3 is 0 Å². The summed E-state index contributed by atoms with van der Waals surface area (Å²) >= 11 is 0. The molecule has 4 aliphatic rings. The van der Waals surface area contributed by atoms with Gasteiger partial charge < -0.3 is 52.8 Å². The van der Waals surface area contributed by atoms with Crippen molar-refractivity contribution < 1.29 is 52.8 Å². The molecule has 3 fully saturated rings. The van der Waals surface area contributed by atoms with Gasteiger partial charge in [-0.25, -0.2) is 0 Å². The number of ether oxygens (including phenoxy) is 9. The Hall–Kier alpha value is -1.64. The Morgan fingerprint density at radius 2 is 1.68 bits per heavy atom. The number of unbranched alkanes of at least 4 members (excludes halogenated alkanes) is 2. The van der Waals surface area contributed by atoms with Crippen molar-refractivity contribution in [1.82, 2.24) is 0 Å². The first-order valence-electron chi connectivity index (χ1n) is 16.3. The van der Waals surface area contributed by atoms with Crippen LogP contribution in [0.5, 0.6) is 0 Å². The van der Waals surface area contributed by atoms with Crippen molar-refractivity contribution in [2.45, 2.75) is 127 Å². The fraction of sp³-hybridized carbons (Fsp3) is 0.758. The van der Waals surface area contributed by atoms with E-state index in [2.05, 4.69) is 13.8 Å². The van der Waals surface area contributed by atoms with Crippen LogP contribution in [0.4, 0.5) is 0 Å². The third kappa shape index (κ3) is 8.58. The summed E-state index contributed by atoms with van der Waals surface area (Å²) in [5.74, 6) is 0.765. The second-order valence-corrected chi connectivity index (χ2v) is 11.9. The number of aliphatic hydroxyl groups is 2. The molecule has 0 spiro atoms. The van der Waals surface area contributed by atoms with Crippen LogP contribution in [0.2, 0.25) is 0 Å². The van der Waals surface area contributed by atoms with E-state index in [0.29, 0.717) is 39.3 Å². The smallest absolute Gasteiger partial charge is 0.226 e. The average molecular weight is 623 g/mol. The zero-order valence-electron chi connectivity index (χ0n) is 26.2. The Bertz CT molecular complexity index is 1010. The minimum absolute atomic E-state index is 0.174.